The predicted molar refractivity (Wildman–Crippen MR) is 55.9 cm³/mol. The molecule has 0 saturated heterocycles. The maximum Gasteiger partial charge on any atom is 0.307 e. The molecule has 0 spiro atoms. The number of nitrogens with zero attached hydrogens (tertiary/aromatic N) is 2. The number of carbonyl (C=O) groups is 1. The molecule has 0 bridgehead atoms. The van der Waals surface area contributed by atoms with Crippen LogP contribution >= 0.6 is 0 Å². The zero-order valence-corrected chi connectivity index (χ0v) is 8.10. The molecule has 0 aliphatic rings. The zero-order chi connectivity index (χ0) is 10.4. The number of anilines is 1. The molecule has 1 amide bonds. The van der Waals surface area contributed by atoms with Crippen LogP contribution in [0.25, 0.3) is 4.85 Å². The third-order valence-electron chi connectivity index (χ3n) is 1.90. The monoisotopic (exact) mass is 188 g/mol. The van der Waals surface area contributed by atoms with E-state index in [1.54, 1.807) is 4.90 Å². The molecular formula is C11H12N2O. The molecule has 0 N–H and O–H groups in total. The molecule has 3 nitrogen and oxygen atoms in total. The van der Waals surface area contributed by atoms with E-state index in [4.69, 9.17) is 6.57 Å². The number of para-hydroxylation sites is 1. The van der Waals surface area contributed by atoms with Crippen LogP contribution in [0, 0.1) is 6.57 Å². The molecule has 0 atom stereocenters. The molecule has 0 heterocycles. The van der Waals surface area contributed by atoms with E-state index in [9.17, 15) is 4.79 Å². The lowest BCUT2D eigenvalue weighted by molar-refractivity contribution is -0.116. The minimum atomic E-state index is -0.145. The largest absolute Gasteiger partial charge is 0.307 e. The quantitative estimate of drug-likeness (QED) is 0.665. The van der Waals surface area contributed by atoms with E-state index in [1.807, 2.05) is 37.3 Å². The highest BCUT2D eigenvalue weighted by Gasteiger charge is 2.14. The standard InChI is InChI=1S/C11H12N2O/c1-3-13(11(14)9-12-2)10-7-5-4-6-8-10/h4-8H,3,9H2,1H3. The second-order valence-electron chi connectivity index (χ2n) is 2.79. The topological polar surface area (TPSA) is 24.7 Å². The number of hydrogen-bond donors (Lipinski definition) is 0. The van der Waals surface area contributed by atoms with Gasteiger partial charge in [0.15, 0.2) is 0 Å². The molecule has 1 rings (SSSR count). The fraction of sp³-hybridized carbons (Fsp3) is 0.273. The number of amides is 1. The molecule has 0 saturated carbocycles. The van der Waals surface area contributed by atoms with Crippen molar-refractivity contribution in [2.45, 2.75) is 6.92 Å². The van der Waals surface area contributed by atoms with Crippen molar-refractivity contribution in [3.8, 4) is 0 Å². The summed E-state index contributed by atoms with van der Waals surface area (Å²) in [6, 6.07) is 9.39. The van der Waals surface area contributed by atoms with Crippen molar-refractivity contribution in [3.63, 3.8) is 0 Å². The molecule has 1 aromatic rings. The Hall–Kier alpha value is -1.82. The van der Waals surface area contributed by atoms with Crippen molar-refractivity contribution in [1.82, 2.24) is 0 Å². The summed E-state index contributed by atoms with van der Waals surface area (Å²) in [6.07, 6.45) is 0. The van der Waals surface area contributed by atoms with E-state index in [2.05, 4.69) is 4.85 Å². The van der Waals surface area contributed by atoms with Crippen molar-refractivity contribution >= 4 is 11.6 Å². The Morgan fingerprint density at radius 2 is 2.07 bits per heavy atom. The third-order valence-corrected chi connectivity index (χ3v) is 1.90. The Kier molecular flexibility index (Phi) is 3.69. The van der Waals surface area contributed by atoms with Crippen LogP contribution in [0.4, 0.5) is 5.69 Å². The lowest BCUT2D eigenvalue weighted by Crippen LogP contribution is -2.31. The highest BCUT2D eigenvalue weighted by molar-refractivity contribution is 5.95. The van der Waals surface area contributed by atoms with Gasteiger partial charge in [-0.05, 0) is 19.1 Å². The first kappa shape index (κ1) is 10.3. The first-order valence-corrected chi connectivity index (χ1v) is 4.48. The number of likely N-dealkylation sites (N-methyl/N-ethyl adjacent to an activating group) is 1. The molecule has 0 aromatic heterocycles. The summed E-state index contributed by atoms with van der Waals surface area (Å²) in [5, 5.41) is 0. The fourth-order valence-electron chi connectivity index (χ4n) is 1.26. The van der Waals surface area contributed by atoms with E-state index in [1.165, 1.54) is 0 Å². The minimum absolute atomic E-state index is 0.0806. The lowest BCUT2D eigenvalue weighted by Gasteiger charge is -2.17. The fourth-order valence-corrected chi connectivity index (χ4v) is 1.26. The molecule has 3 heteroatoms. The van der Waals surface area contributed by atoms with Crippen LogP contribution in [0.5, 0.6) is 0 Å². The van der Waals surface area contributed by atoms with Crippen molar-refractivity contribution in [1.29, 1.82) is 0 Å². The van der Waals surface area contributed by atoms with Gasteiger partial charge in [-0.1, -0.05) is 18.2 Å². The minimum Gasteiger partial charge on any atom is -0.306 e. The maximum atomic E-state index is 11.5. The van der Waals surface area contributed by atoms with Crippen LogP contribution in [0.2, 0.25) is 0 Å². The molecule has 0 aliphatic carbocycles. The van der Waals surface area contributed by atoms with Gasteiger partial charge in [0.1, 0.15) is 0 Å². The maximum absolute atomic E-state index is 11.5. The van der Waals surface area contributed by atoms with Crippen LogP contribution in [0.1, 0.15) is 6.92 Å². The van der Waals surface area contributed by atoms with E-state index in [-0.39, 0.29) is 12.5 Å². The number of rotatable bonds is 3. The SMILES string of the molecule is [C-]#[N+]CC(=O)N(CC)c1ccccc1. The molecule has 0 unspecified atom stereocenters. The van der Waals surface area contributed by atoms with Crippen molar-refractivity contribution in [2.24, 2.45) is 0 Å². The molecule has 0 fully saturated rings. The van der Waals surface area contributed by atoms with Gasteiger partial charge in [0.2, 0.25) is 0 Å². The molecule has 0 aliphatic heterocycles. The average molecular weight is 188 g/mol. The van der Waals surface area contributed by atoms with Gasteiger partial charge in [0, 0.05) is 12.2 Å². The first-order valence-electron chi connectivity index (χ1n) is 4.48. The summed E-state index contributed by atoms with van der Waals surface area (Å²) in [5.74, 6) is -0.145. The second-order valence-corrected chi connectivity index (χ2v) is 2.79. The molecule has 14 heavy (non-hydrogen) atoms. The van der Waals surface area contributed by atoms with E-state index >= 15 is 0 Å². The van der Waals surface area contributed by atoms with Crippen LogP contribution in [0.15, 0.2) is 30.3 Å². The van der Waals surface area contributed by atoms with E-state index in [0.717, 1.165) is 5.69 Å². The lowest BCUT2D eigenvalue weighted by atomic mass is 10.3. The Morgan fingerprint density at radius 1 is 1.43 bits per heavy atom. The van der Waals surface area contributed by atoms with Crippen LogP contribution in [-0.4, -0.2) is 19.0 Å². The van der Waals surface area contributed by atoms with Gasteiger partial charge in [-0.3, -0.25) is 4.79 Å². The molecular weight excluding hydrogens is 176 g/mol. The summed E-state index contributed by atoms with van der Waals surface area (Å²) in [7, 11) is 0. The van der Waals surface area contributed by atoms with Crippen LogP contribution in [-0.2, 0) is 4.79 Å². The zero-order valence-electron chi connectivity index (χ0n) is 8.10. The van der Waals surface area contributed by atoms with Crippen LogP contribution < -0.4 is 4.90 Å². The summed E-state index contributed by atoms with van der Waals surface area (Å²) in [4.78, 5) is 16.2. The normalized spacial score (nSPS) is 9.14. The van der Waals surface area contributed by atoms with Crippen molar-refractivity contribution in [3.05, 3.63) is 41.7 Å². The van der Waals surface area contributed by atoms with Gasteiger partial charge < -0.3 is 9.74 Å². The van der Waals surface area contributed by atoms with Gasteiger partial charge in [0.25, 0.3) is 6.54 Å². The third kappa shape index (κ3) is 2.33. The number of hydrogen-bond acceptors (Lipinski definition) is 1. The highest BCUT2D eigenvalue weighted by Crippen LogP contribution is 2.12. The van der Waals surface area contributed by atoms with Gasteiger partial charge in [-0.15, -0.1) is 0 Å². The Balaban J connectivity index is 2.83. The number of benzene rings is 1. The van der Waals surface area contributed by atoms with Crippen LogP contribution in [0.3, 0.4) is 0 Å². The van der Waals surface area contributed by atoms with E-state index < -0.39 is 0 Å². The van der Waals surface area contributed by atoms with Gasteiger partial charge >= 0.3 is 5.91 Å². The van der Waals surface area contributed by atoms with E-state index in [0.29, 0.717) is 6.54 Å². The van der Waals surface area contributed by atoms with Gasteiger partial charge in [-0.2, -0.15) is 0 Å². The molecule has 1 aromatic carbocycles. The smallest absolute Gasteiger partial charge is 0.306 e. The summed E-state index contributed by atoms with van der Waals surface area (Å²) in [5.41, 5.74) is 0.851. The summed E-state index contributed by atoms with van der Waals surface area (Å²) in [6.45, 7) is 9.05. The van der Waals surface area contributed by atoms with Gasteiger partial charge in [0.05, 0.1) is 0 Å². The highest BCUT2D eigenvalue weighted by atomic mass is 16.2. The first-order chi connectivity index (χ1) is 6.79. The number of carbonyl (C=O) groups excluding carboxylic acids is 1. The summed E-state index contributed by atoms with van der Waals surface area (Å²) < 4.78 is 0. The Bertz CT molecular complexity index is 340. The van der Waals surface area contributed by atoms with Crippen molar-refractivity contribution < 1.29 is 4.79 Å². The van der Waals surface area contributed by atoms with Crippen molar-refractivity contribution in [2.75, 3.05) is 18.0 Å². The second kappa shape index (κ2) is 5.03. The Labute approximate surface area is 83.8 Å². The Morgan fingerprint density at radius 3 is 2.57 bits per heavy atom. The molecule has 0 radical (unpaired) electrons. The summed E-state index contributed by atoms with van der Waals surface area (Å²) >= 11 is 0. The molecule has 72 valence electrons. The predicted octanol–water partition coefficient (Wildman–Crippen LogP) is 1.96. The van der Waals surface area contributed by atoms with Gasteiger partial charge in [-0.25, -0.2) is 6.57 Å². The average Bonchev–Trinajstić information content (AvgIpc) is 2.21.